The topological polar surface area (TPSA) is 38.3 Å². The Labute approximate surface area is 116 Å². The Kier molecular flexibility index (Phi) is 3.37. The fraction of sp³-hybridized carbons (Fsp3) is 0.188. The summed E-state index contributed by atoms with van der Waals surface area (Å²) in [5, 5.41) is 2.83. The lowest BCUT2D eigenvalue weighted by Gasteiger charge is -2.17. The standard InChI is InChI=1S/C16H14FNO2/c17-13-3-1-2-11(8-13)10-20-14-6-4-12-5-7-16(19)18-15(12)9-14/h1-4,6,8-9H,5,7,10H2,(H,18,19). The number of carbonyl (C=O) groups excluding carboxylic acids is 1. The van der Waals surface area contributed by atoms with Crippen LogP contribution >= 0.6 is 0 Å². The molecule has 0 radical (unpaired) electrons. The van der Waals surface area contributed by atoms with Gasteiger partial charge in [0.2, 0.25) is 5.91 Å². The van der Waals surface area contributed by atoms with Gasteiger partial charge in [0.25, 0.3) is 0 Å². The Morgan fingerprint density at radius 3 is 2.90 bits per heavy atom. The molecule has 102 valence electrons. The molecule has 1 aliphatic heterocycles. The third kappa shape index (κ3) is 2.79. The molecule has 20 heavy (non-hydrogen) atoms. The van der Waals surface area contributed by atoms with Gasteiger partial charge in [-0.3, -0.25) is 4.79 Å². The predicted molar refractivity (Wildman–Crippen MR) is 74.1 cm³/mol. The van der Waals surface area contributed by atoms with Gasteiger partial charge in [-0.05, 0) is 35.7 Å². The smallest absolute Gasteiger partial charge is 0.224 e. The number of halogens is 1. The molecule has 0 spiro atoms. The number of rotatable bonds is 3. The average Bonchev–Trinajstić information content (AvgIpc) is 2.45. The van der Waals surface area contributed by atoms with Gasteiger partial charge in [0.1, 0.15) is 18.2 Å². The third-order valence-corrected chi connectivity index (χ3v) is 3.27. The molecule has 1 amide bonds. The molecule has 0 saturated carbocycles. The van der Waals surface area contributed by atoms with Crippen LogP contribution in [0.15, 0.2) is 42.5 Å². The molecule has 1 N–H and O–H groups in total. The van der Waals surface area contributed by atoms with E-state index in [9.17, 15) is 9.18 Å². The van der Waals surface area contributed by atoms with Crippen LogP contribution in [0, 0.1) is 5.82 Å². The van der Waals surface area contributed by atoms with Gasteiger partial charge < -0.3 is 10.1 Å². The number of anilines is 1. The van der Waals surface area contributed by atoms with Crippen LogP contribution in [0.5, 0.6) is 5.75 Å². The number of carbonyl (C=O) groups is 1. The summed E-state index contributed by atoms with van der Waals surface area (Å²) >= 11 is 0. The Bertz CT molecular complexity index is 655. The van der Waals surface area contributed by atoms with Gasteiger partial charge in [-0.2, -0.15) is 0 Å². The summed E-state index contributed by atoms with van der Waals surface area (Å²) in [6.07, 6.45) is 1.28. The van der Waals surface area contributed by atoms with Crippen LogP contribution in [-0.4, -0.2) is 5.91 Å². The van der Waals surface area contributed by atoms with Gasteiger partial charge >= 0.3 is 0 Å². The second kappa shape index (κ2) is 5.33. The summed E-state index contributed by atoms with van der Waals surface area (Å²) in [4.78, 5) is 11.4. The minimum Gasteiger partial charge on any atom is -0.489 e. The first kappa shape index (κ1) is 12.7. The maximum atomic E-state index is 13.1. The number of fused-ring (bicyclic) bond motifs is 1. The molecule has 2 aromatic rings. The first-order valence-corrected chi connectivity index (χ1v) is 6.51. The number of hydrogen-bond donors (Lipinski definition) is 1. The van der Waals surface area contributed by atoms with Gasteiger partial charge in [-0.1, -0.05) is 18.2 Å². The third-order valence-electron chi connectivity index (χ3n) is 3.27. The van der Waals surface area contributed by atoms with Crippen molar-refractivity contribution >= 4 is 11.6 Å². The van der Waals surface area contributed by atoms with E-state index in [0.29, 0.717) is 18.8 Å². The molecule has 3 nitrogen and oxygen atoms in total. The second-order valence-corrected chi connectivity index (χ2v) is 4.79. The zero-order valence-corrected chi connectivity index (χ0v) is 10.9. The van der Waals surface area contributed by atoms with Crippen molar-refractivity contribution in [3.63, 3.8) is 0 Å². The van der Waals surface area contributed by atoms with Gasteiger partial charge in [0.05, 0.1) is 0 Å². The molecule has 0 saturated heterocycles. The summed E-state index contributed by atoms with van der Waals surface area (Å²) in [7, 11) is 0. The lowest BCUT2D eigenvalue weighted by Crippen LogP contribution is -2.18. The van der Waals surface area contributed by atoms with Crippen LogP contribution < -0.4 is 10.1 Å². The molecule has 0 aliphatic carbocycles. The minimum atomic E-state index is -0.274. The van der Waals surface area contributed by atoms with E-state index in [1.54, 1.807) is 6.07 Å². The molecular formula is C16H14FNO2. The van der Waals surface area contributed by atoms with E-state index in [1.165, 1.54) is 12.1 Å². The number of aryl methyl sites for hydroxylation is 1. The zero-order chi connectivity index (χ0) is 13.9. The quantitative estimate of drug-likeness (QED) is 0.930. The van der Waals surface area contributed by atoms with Gasteiger partial charge in [-0.25, -0.2) is 4.39 Å². The Morgan fingerprint density at radius 1 is 1.15 bits per heavy atom. The van der Waals surface area contributed by atoms with E-state index >= 15 is 0 Å². The minimum absolute atomic E-state index is 0.0276. The maximum absolute atomic E-state index is 13.1. The van der Waals surface area contributed by atoms with E-state index < -0.39 is 0 Å². The summed E-state index contributed by atoms with van der Waals surface area (Å²) in [6, 6.07) is 11.9. The van der Waals surface area contributed by atoms with Crippen LogP contribution in [0.4, 0.5) is 10.1 Å². The molecule has 3 rings (SSSR count). The second-order valence-electron chi connectivity index (χ2n) is 4.79. The van der Waals surface area contributed by atoms with Crippen molar-refractivity contribution in [2.24, 2.45) is 0 Å². The van der Waals surface area contributed by atoms with E-state index in [4.69, 9.17) is 4.74 Å². The van der Waals surface area contributed by atoms with Crippen LogP contribution in [-0.2, 0) is 17.8 Å². The molecule has 1 aliphatic rings. The molecule has 4 heteroatoms. The van der Waals surface area contributed by atoms with Gasteiger partial charge in [0.15, 0.2) is 0 Å². The van der Waals surface area contributed by atoms with E-state index in [1.807, 2.05) is 24.3 Å². The molecule has 0 aromatic heterocycles. The average molecular weight is 271 g/mol. The first-order valence-electron chi connectivity index (χ1n) is 6.51. The number of hydrogen-bond acceptors (Lipinski definition) is 2. The highest BCUT2D eigenvalue weighted by atomic mass is 19.1. The molecule has 0 bridgehead atoms. The summed E-state index contributed by atoms with van der Waals surface area (Å²) in [6.45, 7) is 0.296. The maximum Gasteiger partial charge on any atom is 0.224 e. The van der Waals surface area contributed by atoms with Crippen LogP contribution in [0.1, 0.15) is 17.5 Å². The van der Waals surface area contributed by atoms with Crippen molar-refractivity contribution in [3.05, 3.63) is 59.4 Å². The van der Waals surface area contributed by atoms with Crippen LogP contribution in [0.3, 0.4) is 0 Å². The molecule has 2 aromatic carbocycles. The lowest BCUT2D eigenvalue weighted by atomic mass is 10.0. The summed E-state index contributed by atoms with van der Waals surface area (Å²) in [5.41, 5.74) is 2.69. The highest BCUT2D eigenvalue weighted by Crippen LogP contribution is 2.27. The molecule has 0 atom stereocenters. The fourth-order valence-corrected chi connectivity index (χ4v) is 2.23. The van der Waals surface area contributed by atoms with Crippen LogP contribution in [0.25, 0.3) is 0 Å². The van der Waals surface area contributed by atoms with E-state index in [0.717, 1.165) is 23.2 Å². The molecule has 0 fully saturated rings. The predicted octanol–water partition coefficient (Wildman–Crippen LogP) is 3.29. The molecular weight excluding hydrogens is 257 g/mol. The summed E-state index contributed by atoms with van der Waals surface area (Å²) < 4.78 is 18.7. The number of benzene rings is 2. The highest BCUT2D eigenvalue weighted by molar-refractivity contribution is 5.94. The lowest BCUT2D eigenvalue weighted by molar-refractivity contribution is -0.116. The number of nitrogens with one attached hydrogen (secondary N) is 1. The molecule has 0 unspecified atom stereocenters. The van der Waals surface area contributed by atoms with E-state index in [2.05, 4.69) is 5.32 Å². The fourth-order valence-electron chi connectivity index (χ4n) is 2.23. The number of amides is 1. The largest absolute Gasteiger partial charge is 0.489 e. The van der Waals surface area contributed by atoms with Crippen molar-refractivity contribution in [2.75, 3.05) is 5.32 Å². The van der Waals surface area contributed by atoms with Crippen molar-refractivity contribution < 1.29 is 13.9 Å². The van der Waals surface area contributed by atoms with Crippen molar-refractivity contribution in [3.8, 4) is 5.75 Å². The monoisotopic (exact) mass is 271 g/mol. The normalized spacial score (nSPS) is 13.6. The highest BCUT2D eigenvalue weighted by Gasteiger charge is 2.14. The van der Waals surface area contributed by atoms with E-state index in [-0.39, 0.29) is 11.7 Å². The Balaban J connectivity index is 1.72. The van der Waals surface area contributed by atoms with Gasteiger partial charge in [0, 0.05) is 18.2 Å². The molecule has 1 heterocycles. The Morgan fingerprint density at radius 2 is 2.05 bits per heavy atom. The summed E-state index contributed by atoms with van der Waals surface area (Å²) in [5.74, 6) is 0.416. The van der Waals surface area contributed by atoms with Crippen LogP contribution in [0.2, 0.25) is 0 Å². The SMILES string of the molecule is O=C1CCc2ccc(OCc3cccc(F)c3)cc2N1. The first-order chi connectivity index (χ1) is 9.70. The Hall–Kier alpha value is -2.36. The zero-order valence-electron chi connectivity index (χ0n) is 10.9. The van der Waals surface area contributed by atoms with Crippen molar-refractivity contribution in [1.82, 2.24) is 0 Å². The van der Waals surface area contributed by atoms with Crippen molar-refractivity contribution in [1.29, 1.82) is 0 Å². The van der Waals surface area contributed by atoms with Gasteiger partial charge in [-0.15, -0.1) is 0 Å². The number of ether oxygens (including phenoxy) is 1. The van der Waals surface area contributed by atoms with Crippen molar-refractivity contribution in [2.45, 2.75) is 19.4 Å².